The van der Waals surface area contributed by atoms with Crippen molar-refractivity contribution < 1.29 is 4.79 Å². The summed E-state index contributed by atoms with van der Waals surface area (Å²) in [6.07, 6.45) is 1.14. The van der Waals surface area contributed by atoms with Crippen LogP contribution in [0.15, 0.2) is 11.4 Å². The number of rotatable bonds is 3. The zero-order chi connectivity index (χ0) is 11.4. The molecule has 0 atom stereocenters. The van der Waals surface area contributed by atoms with E-state index in [2.05, 4.69) is 10.2 Å². The zero-order valence-corrected chi connectivity index (χ0v) is 10.5. The lowest BCUT2D eigenvalue weighted by molar-refractivity contribution is 0.0938. The minimum atomic E-state index is 0.273. The minimum Gasteiger partial charge on any atom is -0.315 e. The van der Waals surface area contributed by atoms with Gasteiger partial charge in [0.2, 0.25) is 0 Å². The highest BCUT2D eigenvalue weighted by Gasteiger charge is 2.16. The van der Waals surface area contributed by atoms with Gasteiger partial charge in [-0.1, -0.05) is 0 Å². The van der Waals surface area contributed by atoms with Crippen LogP contribution in [-0.2, 0) is 0 Å². The first-order valence-corrected chi connectivity index (χ1v) is 6.65. The fourth-order valence-electron chi connectivity index (χ4n) is 1.99. The fourth-order valence-corrected chi connectivity index (χ4v) is 2.85. The van der Waals surface area contributed by atoms with Gasteiger partial charge < -0.3 is 5.32 Å². The van der Waals surface area contributed by atoms with Crippen LogP contribution in [0.25, 0.3) is 0 Å². The monoisotopic (exact) mass is 238 g/mol. The van der Waals surface area contributed by atoms with Gasteiger partial charge in [0.25, 0.3) is 0 Å². The second-order valence-corrected chi connectivity index (χ2v) is 5.15. The molecule has 1 fully saturated rings. The van der Waals surface area contributed by atoms with Crippen LogP contribution in [0.3, 0.4) is 0 Å². The van der Waals surface area contributed by atoms with Gasteiger partial charge in [0.05, 0.1) is 11.4 Å². The van der Waals surface area contributed by atoms with E-state index in [-0.39, 0.29) is 5.78 Å². The van der Waals surface area contributed by atoms with Gasteiger partial charge in [0, 0.05) is 13.1 Å². The highest BCUT2D eigenvalue weighted by atomic mass is 32.1. The van der Waals surface area contributed by atoms with Gasteiger partial charge in [0.15, 0.2) is 5.78 Å². The molecular formula is C12H18N2OS. The normalized spacial score (nSPS) is 18.3. The van der Waals surface area contributed by atoms with Crippen molar-refractivity contribution in [1.82, 2.24) is 10.2 Å². The van der Waals surface area contributed by atoms with Crippen molar-refractivity contribution in [3.05, 3.63) is 21.9 Å². The fraction of sp³-hybridized carbons (Fsp3) is 0.583. The van der Waals surface area contributed by atoms with Gasteiger partial charge in [0.1, 0.15) is 0 Å². The van der Waals surface area contributed by atoms with Crippen LogP contribution in [0.5, 0.6) is 0 Å². The lowest BCUT2D eigenvalue weighted by atomic mass is 10.2. The number of carbonyl (C=O) groups excluding carboxylic acids is 1. The van der Waals surface area contributed by atoms with Gasteiger partial charge in [-0.2, -0.15) is 0 Å². The molecule has 0 unspecified atom stereocenters. The number of aryl methyl sites for hydroxylation is 1. The predicted molar refractivity (Wildman–Crippen MR) is 67.3 cm³/mol. The smallest absolute Gasteiger partial charge is 0.186 e. The van der Waals surface area contributed by atoms with E-state index in [9.17, 15) is 4.79 Å². The van der Waals surface area contributed by atoms with Crippen LogP contribution in [0.2, 0.25) is 0 Å². The SMILES string of the molecule is Cc1ccsc1C(=O)CN1CCCNCC1. The number of ketones is 1. The van der Waals surface area contributed by atoms with Crippen molar-refractivity contribution in [2.24, 2.45) is 0 Å². The number of Topliss-reactive ketones (excluding diaryl/α,β-unsaturated/α-hetero) is 1. The van der Waals surface area contributed by atoms with E-state index < -0.39 is 0 Å². The van der Waals surface area contributed by atoms with Gasteiger partial charge in [-0.05, 0) is 43.4 Å². The third-order valence-electron chi connectivity index (χ3n) is 2.92. The molecule has 0 saturated carbocycles. The molecule has 1 aliphatic rings. The molecule has 0 amide bonds. The van der Waals surface area contributed by atoms with Crippen LogP contribution in [-0.4, -0.2) is 43.4 Å². The molecule has 4 heteroatoms. The molecule has 1 aromatic heterocycles. The van der Waals surface area contributed by atoms with E-state index in [1.807, 2.05) is 18.4 Å². The molecule has 3 nitrogen and oxygen atoms in total. The average Bonchev–Trinajstić information content (AvgIpc) is 2.53. The molecule has 0 spiro atoms. The maximum atomic E-state index is 12.1. The maximum absolute atomic E-state index is 12.1. The molecule has 1 aromatic rings. The molecule has 88 valence electrons. The van der Waals surface area contributed by atoms with Crippen LogP contribution in [0.1, 0.15) is 21.7 Å². The summed E-state index contributed by atoms with van der Waals surface area (Å²) < 4.78 is 0. The van der Waals surface area contributed by atoms with Crippen molar-refractivity contribution in [1.29, 1.82) is 0 Å². The summed E-state index contributed by atoms with van der Waals surface area (Å²) >= 11 is 1.56. The molecule has 1 N–H and O–H groups in total. The van der Waals surface area contributed by atoms with Crippen LogP contribution in [0, 0.1) is 6.92 Å². The minimum absolute atomic E-state index is 0.273. The Hall–Kier alpha value is -0.710. The van der Waals surface area contributed by atoms with Crippen LogP contribution < -0.4 is 5.32 Å². The summed E-state index contributed by atoms with van der Waals surface area (Å²) in [5.41, 5.74) is 1.11. The number of carbonyl (C=O) groups is 1. The number of nitrogens with zero attached hydrogens (tertiary/aromatic N) is 1. The molecule has 2 heterocycles. The standard InChI is InChI=1S/C12H18N2OS/c1-10-3-8-16-12(10)11(15)9-14-6-2-4-13-5-7-14/h3,8,13H,2,4-7,9H2,1H3. The van der Waals surface area contributed by atoms with Crippen molar-refractivity contribution in [3.8, 4) is 0 Å². The molecule has 1 aliphatic heterocycles. The molecule has 0 bridgehead atoms. The first-order chi connectivity index (χ1) is 7.77. The Morgan fingerprint density at radius 3 is 3.12 bits per heavy atom. The lowest BCUT2D eigenvalue weighted by Gasteiger charge is -2.17. The Bertz CT molecular complexity index is 354. The van der Waals surface area contributed by atoms with Gasteiger partial charge >= 0.3 is 0 Å². The number of hydrogen-bond acceptors (Lipinski definition) is 4. The molecule has 0 aliphatic carbocycles. The Labute approximate surface area is 100 Å². The second-order valence-electron chi connectivity index (χ2n) is 4.24. The van der Waals surface area contributed by atoms with E-state index >= 15 is 0 Å². The third kappa shape index (κ3) is 2.90. The van der Waals surface area contributed by atoms with Crippen molar-refractivity contribution in [2.45, 2.75) is 13.3 Å². The topological polar surface area (TPSA) is 32.3 Å². The van der Waals surface area contributed by atoms with E-state index in [0.29, 0.717) is 6.54 Å². The first-order valence-electron chi connectivity index (χ1n) is 5.78. The number of hydrogen-bond donors (Lipinski definition) is 1. The van der Waals surface area contributed by atoms with Gasteiger partial charge in [-0.3, -0.25) is 9.69 Å². The lowest BCUT2D eigenvalue weighted by Crippen LogP contribution is -2.33. The summed E-state index contributed by atoms with van der Waals surface area (Å²) in [7, 11) is 0. The Balaban J connectivity index is 1.93. The Morgan fingerprint density at radius 2 is 2.38 bits per heavy atom. The maximum Gasteiger partial charge on any atom is 0.186 e. The molecule has 0 aromatic carbocycles. The first kappa shape index (κ1) is 11.8. The molecule has 16 heavy (non-hydrogen) atoms. The zero-order valence-electron chi connectivity index (χ0n) is 9.66. The summed E-state index contributed by atoms with van der Waals surface area (Å²) in [6.45, 7) is 6.66. The molecule has 1 saturated heterocycles. The Morgan fingerprint density at radius 1 is 1.50 bits per heavy atom. The van der Waals surface area contributed by atoms with Crippen LogP contribution >= 0.6 is 11.3 Å². The van der Waals surface area contributed by atoms with E-state index in [1.165, 1.54) is 0 Å². The quantitative estimate of drug-likeness (QED) is 0.811. The van der Waals surface area contributed by atoms with Crippen molar-refractivity contribution in [3.63, 3.8) is 0 Å². The Kier molecular flexibility index (Phi) is 4.09. The van der Waals surface area contributed by atoms with E-state index in [4.69, 9.17) is 0 Å². The van der Waals surface area contributed by atoms with Gasteiger partial charge in [-0.25, -0.2) is 0 Å². The second kappa shape index (κ2) is 5.57. The molecule has 0 radical (unpaired) electrons. The summed E-state index contributed by atoms with van der Waals surface area (Å²) in [4.78, 5) is 15.2. The average molecular weight is 238 g/mol. The number of nitrogens with one attached hydrogen (secondary N) is 1. The third-order valence-corrected chi connectivity index (χ3v) is 3.97. The highest BCUT2D eigenvalue weighted by Crippen LogP contribution is 2.16. The highest BCUT2D eigenvalue weighted by molar-refractivity contribution is 7.12. The summed E-state index contributed by atoms with van der Waals surface area (Å²) in [5, 5.41) is 5.34. The number of thiophene rings is 1. The molecule has 2 rings (SSSR count). The van der Waals surface area contributed by atoms with Gasteiger partial charge in [-0.15, -0.1) is 11.3 Å². The van der Waals surface area contributed by atoms with Crippen molar-refractivity contribution in [2.75, 3.05) is 32.7 Å². The van der Waals surface area contributed by atoms with E-state index in [0.717, 1.165) is 43.0 Å². The summed E-state index contributed by atoms with van der Waals surface area (Å²) in [5.74, 6) is 0.273. The summed E-state index contributed by atoms with van der Waals surface area (Å²) in [6, 6.07) is 2.02. The van der Waals surface area contributed by atoms with Crippen molar-refractivity contribution >= 4 is 17.1 Å². The largest absolute Gasteiger partial charge is 0.315 e. The van der Waals surface area contributed by atoms with Crippen LogP contribution in [0.4, 0.5) is 0 Å². The predicted octanol–water partition coefficient (Wildman–Crippen LogP) is 1.53. The molecular weight excluding hydrogens is 220 g/mol. The van der Waals surface area contributed by atoms with E-state index in [1.54, 1.807) is 11.3 Å².